The first-order valence-electron chi connectivity index (χ1n) is 3.79. The van der Waals surface area contributed by atoms with Gasteiger partial charge in [-0.25, -0.2) is 9.97 Å². The fourth-order valence-corrected chi connectivity index (χ4v) is 1.04. The molecule has 0 aliphatic carbocycles. The second kappa shape index (κ2) is 4.33. The zero-order chi connectivity index (χ0) is 8.23. The van der Waals surface area contributed by atoms with Crippen molar-refractivity contribution in [1.29, 1.82) is 0 Å². The molecule has 0 aliphatic rings. The van der Waals surface area contributed by atoms with Crippen molar-refractivity contribution in [3.8, 4) is 11.4 Å². The van der Waals surface area contributed by atoms with Gasteiger partial charge in [0.1, 0.15) is 0 Å². The van der Waals surface area contributed by atoms with E-state index in [1.165, 1.54) is 0 Å². The Labute approximate surface area is 77.1 Å². The lowest BCUT2D eigenvalue weighted by atomic mass is 10.2. The van der Waals surface area contributed by atoms with Crippen LogP contribution in [0.25, 0.3) is 11.4 Å². The molecular formula is C10H11N3. The Morgan fingerprint density at radius 3 is 2.00 bits per heavy atom. The van der Waals surface area contributed by atoms with E-state index in [-0.39, 0.29) is 6.15 Å². The topological polar surface area (TPSA) is 60.8 Å². The van der Waals surface area contributed by atoms with Gasteiger partial charge in [-0.3, -0.25) is 0 Å². The summed E-state index contributed by atoms with van der Waals surface area (Å²) in [7, 11) is 0. The first-order chi connectivity index (χ1) is 5.97. The van der Waals surface area contributed by atoms with Crippen LogP contribution in [0.3, 0.4) is 0 Å². The van der Waals surface area contributed by atoms with Gasteiger partial charge in [0.25, 0.3) is 0 Å². The second-order valence-corrected chi connectivity index (χ2v) is 2.44. The minimum absolute atomic E-state index is 0. The van der Waals surface area contributed by atoms with Gasteiger partial charge in [-0.15, -0.1) is 0 Å². The molecule has 0 amide bonds. The van der Waals surface area contributed by atoms with E-state index in [0.717, 1.165) is 11.4 Å². The molecule has 0 bridgehead atoms. The van der Waals surface area contributed by atoms with Crippen LogP contribution in [0.1, 0.15) is 0 Å². The van der Waals surface area contributed by atoms with Crippen LogP contribution < -0.4 is 6.15 Å². The molecule has 0 atom stereocenters. The van der Waals surface area contributed by atoms with Crippen LogP contribution >= 0.6 is 0 Å². The molecule has 2 aromatic rings. The second-order valence-electron chi connectivity index (χ2n) is 2.44. The molecule has 1 aromatic heterocycles. The van der Waals surface area contributed by atoms with Gasteiger partial charge in [0.15, 0.2) is 5.82 Å². The van der Waals surface area contributed by atoms with Crippen LogP contribution in [0.5, 0.6) is 0 Å². The predicted molar refractivity (Wildman–Crippen MR) is 52.5 cm³/mol. The van der Waals surface area contributed by atoms with E-state index in [4.69, 9.17) is 0 Å². The molecule has 66 valence electrons. The molecule has 13 heavy (non-hydrogen) atoms. The Balaban J connectivity index is 0.000000845. The van der Waals surface area contributed by atoms with E-state index in [2.05, 4.69) is 9.97 Å². The zero-order valence-electron chi connectivity index (χ0n) is 7.22. The Kier molecular flexibility index (Phi) is 3.11. The van der Waals surface area contributed by atoms with E-state index < -0.39 is 0 Å². The van der Waals surface area contributed by atoms with Gasteiger partial charge >= 0.3 is 0 Å². The molecule has 0 unspecified atom stereocenters. The summed E-state index contributed by atoms with van der Waals surface area (Å²) in [4.78, 5) is 8.28. The predicted octanol–water partition coefficient (Wildman–Crippen LogP) is 2.31. The third kappa shape index (κ3) is 2.10. The normalized spacial score (nSPS) is 8.92. The molecule has 3 N–H and O–H groups in total. The average molecular weight is 173 g/mol. The van der Waals surface area contributed by atoms with Crippen LogP contribution in [-0.2, 0) is 0 Å². The van der Waals surface area contributed by atoms with E-state index in [1.54, 1.807) is 12.4 Å². The van der Waals surface area contributed by atoms with Crippen molar-refractivity contribution in [2.24, 2.45) is 0 Å². The minimum atomic E-state index is 0. The van der Waals surface area contributed by atoms with Crippen molar-refractivity contribution in [3.63, 3.8) is 0 Å². The fraction of sp³-hybridized carbons (Fsp3) is 0. The van der Waals surface area contributed by atoms with Crippen LogP contribution in [0, 0.1) is 0 Å². The van der Waals surface area contributed by atoms with Gasteiger partial charge in [-0.05, 0) is 6.07 Å². The highest BCUT2D eigenvalue weighted by Crippen LogP contribution is 2.11. The summed E-state index contributed by atoms with van der Waals surface area (Å²) in [6.45, 7) is 0. The number of hydrogen-bond acceptors (Lipinski definition) is 3. The smallest absolute Gasteiger partial charge is 0.159 e. The largest absolute Gasteiger partial charge is 0.344 e. The molecule has 0 radical (unpaired) electrons. The molecule has 3 heteroatoms. The van der Waals surface area contributed by atoms with Crippen molar-refractivity contribution in [1.82, 2.24) is 16.1 Å². The summed E-state index contributed by atoms with van der Waals surface area (Å²) >= 11 is 0. The molecule has 3 nitrogen and oxygen atoms in total. The van der Waals surface area contributed by atoms with Gasteiger partial charge in [-0.2, -0.15) is 0 Å². The Hall–Kier alpha value is -1.74. The number of aromatic nitrogens is 2. The lowest BCUT2D eigenvalue weighted by Crippen LogP contribution is -1.84. The van der Waals surface area contributed by atoms with Gasteiger partial charge in [0, 0.05) is 18.0 Å². The molecule has 1 heterocycles. The maximum Gasteiger partial charge on any atom is 0.159 e. The van der Waals surface area contributed by atoms with Gasteiger partial charge in [0.05, 0.1) is 0 Å². The monoisotopic (exact) mass is 173 g/mol. The molecule has 0 fully saturated rings. The Morgan fingerprint density at radius 2 is 1.38 bits per heavy atom. The highest BCUT2D eigenvalue weighted by Gasteiger charge is 1.95. The lowest BCUT2D eigenvalue weighted by Gasteiger charge is -1.96. The number of hydrogen-bond donors (Lipinski definition) is 1. The number of nitrogens with zero attached hydrogens (tertiary/aromatic N) is 2. The van der Waals surface area contributed by atoms with Gasteiger partial charge < -0.3 is 6.15 Å². The summed E-state index contributed by atoms with van der Waals surface area (Å²) in [5.41, 5.74) is 1.05. The lowest BCUT2D eigenvalue weighted by molar-refractivity contribution is 1.18. The molecule has 2 rings (SSSR count). The van der Waals surface area contributed by atoms with Crippen LogP contribution in [-0.4, -0.2) is 9.97 Å². The summed E-state index contributed by atoms with van der Waals surface area (Å²) in [5, 5.41) is 0. The van der Waals surface area contributed by atoms with Crippen LogP contribution in [0.4, 0.5) is 0 Å². The first kappa shape index (κ1) is 9.35. The number of rotatable bonds is 1. The molecule has 1 aromatic carbocycles. The summed E-state index contributed by atoms with van der Waals surface area (Å²) < 4.78 is 0. The highest BCUT2D eigenvalue weighted by molar-refractivity contribution is 5.53. The van der Waals surface area contributed by atoms with Crippen LogP contribution in [0.15, 0.2) is 48.8 Å². The van der Waals surface area contributed by atoms with Crippen molar-refractivity contribution in [2.45, 2.75) is 0 Å². The number of benzene rings is 1. The van der Waals surface area contributed by atoms with Crippen molar-refractivity contribution < 1.29 is 0 Å². The maximum atomic E-state index is 4.14. The van der Waals surface area contributed by atoms with E-state index in [0.29, 0.717) is 0 Å². The average Bonchev–Trinajstić information content (AvgIpc) is 2.21. The van der Waals surface area contributed by atoms with Crippen molar-refractivity contribution in [3.05, 3.63) is 48.8 Å². The van der Waals surface area contributed by atoms with E-state index in [1.807, 2.05) is 36.4 Å². The third-order valence-corrected chi connectivity index (χ3v) is 1.60. The molecular weight excluding hydrogens is 162 g/mol. The van der Waals surface area contributed by atoms with Gasteiger partial charge in [0.2, 0.25) is 0 Å². The van der Waals surface area contributed by atoms with Crippen molar-refractivity contribution >= 4 is 0 Å². The molecule has 0 aliphatic heterocycles. The van der Waals surface area contributed by atoms with E-state index in [9.17, 15) is 0 Å². The summed E-state index contributed by atoms with van der Waals surface area (Å²) in [5.74, 6) is 0.776. The molecule has 0 saturated heterocycles. The van der Waals surface area contributed by atoms with Crippen molar-refractivity contribution in [2.75, 3.05) is 0 Å². The summed E-state index contributed by atoms with van der Waals surface area (Å²) in [6.07, 6.45) is 3.49. The summed E-state index contributed by atoms with van der Waals surface area (Å²) in [6, 6.07) is 11.7. The minimum Gasteiger partial charge on any atom is -0.344 e. The zero-order valence-corrected chi connectivity index (χ0v) is 7.22. The van der Waals surface area contributed by atoms with Gasteiger partial charge in [-0.1, -0.05) is 30.3 Å². The molecule has 0 saturated carbocycles. The van der Waals surface area contributed by atoms with E-state index >= 15 is 0 Å². The Bertz CT molecular complexity index is 308. The molecule has 0 spiro atoms. The first-order valence-corrected chi connectivity index (χ1v) is 3.79. The fourth-order valence-electron chi connectivity index (χ4n) is 1.04. The SMILES string of the molecule is N.c1ccc(-c2ncccn2)cc1. The quantitative estimate of drug-likeness (QED) is 0.719. The highest BCUT2D eigenvalue weighted by atomic mass is 14.8. The van der Waals surface area contributed by atoms with Crippen LogP contribution in [0.2, 0.25) is 0 Å². The Morgan fingerprint density at radius 1 is 0.769 bits per heavy atom. The standard InChI is InChI=1S/C10H8N2.H3N/c1-2-5-9(6-3-1)10-11-7-4-8-12-10;/h1-8H;1H3. The maximum absolute atomic E-state index is 4.14. The third-order valence-electron chi connectivity index (χ3n) is 1.60.